The first-order valence-electron chi connectivity index (χ1n) is 11.9. The molecule has 0 bridgehead atoms. The van der Waals surface area contributed by atoms with Gasteiger partial charge in [-0.1, -0.05) is 30.7 Å². The van der Waals surface area contributed by atoms with E-state index in [1.165, 1.54) is 4.31 Å². The summed E-state index contributed by atoms with van der Waals surface area (Å²) >= 11 is 5.94. The molecule has 10 heteroatoms. The summed E-state index contributed by atoms with van der Waals surface area (Å²) in [7, 11) is -1.98. The molecular weight excluding hydrogens is 502 g/mol. The van der Waals surface area contributed by atoms with E-state index in [2.05, 4.69) is 5.32 Å². The molecule has 0 aliphatic heterocycles. The minimum absolute atomic E-state index is 0.0628. The average Bonchev–Trinajstić information content (AvgIpc) is 2.81. The number of sulfonamides is 1. The molecule has 0 unspecified atom stereocenters. The van der Waals surface area contributed by atoms with E-state index in [-0.39, 0.29) is 43.8 Å². The molecular formula is C26H36ClN3O5S. The van der Waals surface area contributed by atoms with Crippen molar-refractivity contribution < 1.29 is 22.7 Å². The molecule has 0 aromatic heterocycles. The zero-order chi connectivity index (χ0) is 26.9. The van der Waals surface area contributed by atoms with Crippen LogP contribution in [0.15, 0.2) is 48.5 Å². The Balaban J connectivity index is 2.21. The lowest BCUT2D eigenvalue weighted by Crippen LogP contribution is -2.50. The molecule has 8 nitrogen and oxygen atoms in total. The van der Waals surface area contributed by atoms with Crippen LogP contribution in [-0.2, 0) is 26.2 Å². The number of anilines is 1. The molecule has 2 rings (SSSR count). The predicted octanol–water partition coefficient (Wildman–Crippen LogP) is 4.23. The van der Waals surface area contributed by atoms with Crippen molar-refractivity contribution in [1.29, 1.82) is 0 Å². The van der Waals surface area contributed by atoms with Crippen LogP contribution >= 0.6 is 11.6 Å². The molecule has 0 spiro atoms. The van der Waals surface area contributed by atoms with Crippen molar-refractivity contribution in [3.8, 4) is 5.75 Å². The number of carbonyl (C=O) groups excluding carboxylic acids is 2. The van der Waals surface area contributed by atoms with Gasteiger partial charge >= 0.3 is 0 Å². The monoisotopic (exact) mass is 537 g/mol. The molecule has 0 aliphatic rings. The van der Waals surface area contributed by atoms with Crippen molar-refractivity contribution in [2.45, 2.75) is 58.7 Å². The van der Waals surface area contributed by atoms with Crippen molar-refractivity contribution in [3.63, 3.8) is 0 Å². The Labute approximate surface area is 219 Å². The van der Waals surface area contributed by atoms with E-state index in [9.17, 15) is 18.0 Å². The zero-order valence-electron chi connectivity index (χ0n) is 21.5. The van der Waals surface area contributed by atoms with Gasteiger partial charge in [0.05, 0.1) is 19.1 Å². The largest absolute Gasteiger partial charge is 0.497 e. The van der Waals surface area contributed by atoms with Crippen LogP contribution in [0.3, 0.4) is 0 Å². The second kappa shape index (κ2) is 13.5. The Morgan fingerprint density at radius 2 is 1.67 bits per heavy atom. The van der Waals surface area contributed by atoms with E-state index in [0.29, 0.717) is 22.9 Å². The van der Waals surface area contributed by atoms with Gasteiger partial charge < -0.3 is 15.0 Å². The van der Waals surface area contributed by atoms with Gasteiger partial charge in [0.2, 0.25) is 21.8 Å². The summed E-state index contributed by atoms with van der Waals surface area (Å²) in [6, 6.07) is 13.1. The van der Waals surface area contributed by atoms with Gasteiger partial charge in [-0.05, 0) is 68.7 Å². The van der Waals surface area contributed by atoms with Crippen LogP contribution in [0.4, 0.5) is 5.69 Å². The maximum absolute atomic E-state index is 13.4. The standard InChI is InChI=1S/C26H36ClN3O5S/c1-6-24(26(32)28-19(2)3)29(18-20-9-15-23(35-4)16-10-20)25(31)8-7-17-30(36(5,33)34)22-13-11-21(27)12-14-22/h9-16,19,24H,6-8,17-18H2,1-5H3,(H,28,32)/t24-/m0/s1. The predicted molar refractivity (Wildman–Crippen MR) is 144 cm³/mol. The number of halogens is 1. The van der Waals surface area contributed by atoms with E-state index >= 15 is 0 Å². The van der Waals surface area contributed by atoms with Crippen LogP contribution in [0.25, 0.3) is 0 Å². The quantitative estimate of drug-likeness (QED) is 0.412. The number of hydrogen-bond acceptors (Lipinski definition) is 5. The molecule has 0 saturated heterocycles. The minimum atomic E-state index is -3.56. The van der Waals surface area contributed by atoms with E-state index in [1.807, 2.05) is 45.0 Å². The van der Waals surface area contributed by atoms with E-state index in [1.54, 1.807) is 36.3 Å². The number of rotatable bonds is 13. The molecule has 198 valence electrons. The summed E-state index contributed by atoms with van der Waals surface area (Å²) in [5, 5.41) is 3.40. The summed E-state index contributed by atoms with van der Waals surface area (Å²) in [5.74, 6) is 0.263. The molecule has 1 atom stereocenters. The Morgan fingerprint density at radius 1 is 1.06 bits per heavy atom. The number of hydrogen-bond donors (Lipinski definition) is 1. The van der Waals surface area contributed by atoms with Crippen LogP contribution < -0.4 is 14.4 Å². The minimum Gasteiger partial charge on any atom is -0.497 e. The highest BCUT2D eigenvalue weighted by Crippen LogP contribution is 2.22. The zero-order valence-corrected chi connectivity index (χ0v) is 23.1. The van der Waals surface area contributed by atoms with Gasteiger partial charge in [0.25, 0.3) is 0 Å². The number of carbonyl (C=O) groups is 2. The van der Waals surface area contributed by atoms with Crippen LogP contribution in [0.2, 0.25) is 5.02 Å². The van der Waals surface area contributed by atoms with Gasteiger partial charge in [-0.15, -0.1) is 0 Å². The first kappa shape index (κ1) is 29.5. The maximum Gasteiger partial charge on any atom is 0.243 e. The highest BCUT2D eigenvalue weighted by atomic mass is 35.5. The van der Waals surface area contributed by atoms with Crippen molar-refractivity contribution >= 4 is 39.1 Å². The van der Waals surface area contributed by atoms with Crippen molar-refractivity contribution in [1.82, 2.24) is 10.2 Å². The smallest absolute Gasteiger partial charge is 0.243 e. The van der Waals surface area contributed by atoms with Gasteiger partial charge in [-0.2, -0.15) is 0 Å². The van der Waals surface area contributed by atoms with E-state index < -0.39 is 16.1 Å². The Bertz CT molecular complexity index is 1110. The molecule has 1 N–H and O–H groups in total. The summed E-state index contributed by atoms with van der Waals surface area (Å²) in [5.41, 5.74) is 1.34. The topological polar surface area (TPSA) is 96.0 Å². The second-order valence-corrected chi connectivity index (χ2v) is 11.2. The van der Waals surface area contributed by atoms with Crippen LogP contribution in [0.5, 0.6) is 5.75 Å². The number of ether oxygens (including phenoxy) is 1. The second-order valence-electron chi connectivity index (χ2n) is 8.87. The van der Waals surface area contributed by atoms with Crippen molar-refractivity contribution in [2.24, 2.45) is 0 Å². The van der Waals surface area contributed by atoms with Gasteiger partial charge in [-0.3, -0.25) is 13.9 Å². The molecule has 2 aromatic rings. The SMILES string of the molecule is CC[C@@H](C(=O)NC(C)C)N(Cc1ccc(OC)cc1)C(=O)CCCN(c1ccc(Cl)cc1)S(C)(=O)=O. The lowest BCUT2D eigenvalue weighted by atomic mass is 10.1. The average molecular weight is 538 g/mol. The number of nitrogens with one attached hydrogen (secondary N) is 1. The third kappa shape index (κ3) is 8.71. The number of benzene rings is 2. The van der Waals surface area contributed by atoms with Gasteiger partial charge in [0.15, 0.2) is 0 Å². The normalized spacial score (nSPS) is 12.2. The molecule has 2 aromatic carbocycles. The van der Waals surface area contributed by atoms with E-state index in [0.717, 1.165) is 11.8 Å². The summed E-state index contributed by atoms with van der Waals surface area (Å²) in [4.78, 5) is 27.9. The lowest BCUT2D eigenvalue weighted by Gasteiger charge is -2.31. The molecule has 0 saturated carbocycles. The molecule has 2 amide bonds. The summed E-state index contributed by atoms with van der Waals surface area (Å²) in [6.45, 7) is 5.98. The van der Waals surface area contributed by atoms with Crippen LogP contribution in [0.1, 0.15) is 45.6 Å². The van der Waals surface area contributed by atoms with Crippen molar-refractivity contribution in [3.05, 3.63) is 59.1 Å². The lowest BCUT2D eigenvalue weighted by molar-refractivity contribution is -0.141. The fourth-order valence-corrected chi connectivity index (χ4v) is 4.93. The molecule has 0 radical (unpaired) electrons. The highest BCUT2D eigenvalue weighted by molar-refractivity contribution is 7.92. The first-order chi connectivity index (χ1) is 17.0. The van der Waals surface area contributed by atoms with Crippen LogP contribution in [-0.4, -0.2) is 57.1 Å². The third-order valence-corrected chi connectivity index (χ3v) is 7.04. The maximum atomic E-state index is 13.4. The number of nitrogens with zero attached hydrogens (tertiary/aromatic N) is 2. The summed E-state index contributed by atoms with van der Waals surface area (Å²) in [6.07, 6.45) is 1.95. The molecule has 0 heterocycles. The molecule has 0 fully saturated rings. The van der Waals surface area contributed by atoms with Gasteiger partial charge in [0, 0.05) is 30.6 Å². The first-order valence-corrected chi connectivity index (χ1v) is 14.1. The third-order valence-electron chi connectivity index (χ3n) is 5.60. The van der Waals surface area contributed by atoms with Gasteiger partial charge in [-0.25, -0.2) is 8.42 Å². The van der Waals surface area contributed by atoms with Gasteiger partial charge in [0.1, 0.15) is 11.8 Å². The fourth-order valence-electron chi connectivity index (χ4n) is 3.84. The molecule has 0 aliphatic carbocycles. The Morgan fingerprint density at radius 3 is 2.17 bits per heavy atom. The van der Waals surface area contributed by atoms with E-state index in [4.69, 9.17) is 16.3 Å². The fraction of sp³-hybridized carbons (Fsp3) is 0.462. The molecule has 36 heavy (non-hydrogen) atoms. The number of amides is 2. The number of methoxy groups -OCH3 is 1. The van der Waals surface area contributed by atoms with Crippen LogP contribution in [0, 0.1) is 0 Å². The Kier molecular flexibility index (Phi) is 11.0. The van der Waals surface area contributed by atoms with Crippen molar-refractivity contribution in [2.75, 3.05) is 24.2 Å². The highest BCUT2D eigenvalue weighted by Gasteiger charge is 2.29. The Hall–Kier alpha value is -2.78. The summed E-state index contributed by atoms with van der Waals surface area (Å²) < 4.78 is 31.3.